The van der Waals surface area contributed by atoms with Gasteiger partial charge in [0, 0.05) is 24.0 Å². The summed E-state index contributed by atoms with van der Waals surface area (Å²) in [5, 5.41) is 0. The molecule has 4 bridgehead atoms. The van der Waals surface area contributed by atoms with Crippen LogP contribution in [-0.2, 0) is 0 Å². The van der Waals surface area contributed by atoms with Gasteiger partial charge in [-0.15, -0.1) is 0 Å². The number of nitrogens with zero attached hydrogens (tertiary/aromatic N) is 1. The molecule has 1 nitrogen and oxygen atoms in total. The number of rotatable bonds is 2. The summed E-state index contributed by atoms with van der Waals surface area (Å²) in [6.45, 7) is 6.28. The van der Waals surface area contributed by atoms with Gasteiger partial charge in [0.1, 0.15) is 0 Å². The molecule has 1 heteroatoms. The normalized spacial score (nSPS) is 60.5. The van der Waals surface area contributed by atoms with Crippen LogP contribution in [0.5, 0.6) is 0 Å². The third kappa shape index (κ3) is 0.555. The third-order valence-corrected chi connectivity index (χ3v) is 4.90. The van der Waals surface area contributed by atoms with Crippen LogP contribution in [0.4, 0.5) is 0 Å². The molecule has 0 aromatic carbocycles. The van der Waals surface area contributed by atoms with E-state index in [0.717, 1.165) is 23.4 Å². The fourth-order valence-corrected chi connectivity index (χ4v) is 4.38. The van der Waals surface area contributed by atoms with Crippen LogP contribution in [0.25, 0.3) is 0 Å². The van der Waals surface area contributed by atoms with Gasteiger partial charge < -0.3 is 0 Å². The highest BCUT2D eigenvalue weighted by Gasteiger charge is 2.68. The summed E-state index contributed by atoms with van der Waals surface area (Å²) in [7, 11) is 0. The van der Waals surface area contributed by atoms with E-state index in [1.807, 2.05) is 0 Å². The minimum Gasteiger partial charge on any atom is -0.296 e. The molecule has 68 valence electrons. The lowest BCUT2D eigenvalue weighted by atomic mass is 9.63. The Balaban J connectivity index is 1.90. The van der Waals surface area contributed by atoms with Crippen LogP contribution in [-0.4, -0.2) is 23.5 Å². The van der Waals surface area contributed by atoms with Gasteiger partial charge in [-0.2, -0.15) is 0 Å². The summed E-state index contributed by atoms with van der Waals surface area (Å²) in [6, 6.07) is 2.00. The molecule has 3 unspecified atom stereocenters. The van der Waals surface area contributed by atoms with Crippen molar-refractivity contribution < 1.29 is 0 Å². The van der Waals surface area contributed by atoms with Gasteiger partial charge in [-0.3, -0.25) is 4.90 Å². The molecule has 0 aliphatic carbocycles. The Labute approximate surface area is 75.1 Å². The first-order chi connectivity index (χ1) is 5.79. The van der Waals surface area contributed by atoms with Gasteiger partial charge in [-0.25, -0.2) is 0 Å². The zero-order chi connectivity index (χ0) is 8.34. The second kappa shape index (κ2) is 2.06. The summed E-state index contributed by atoms with van der Waals surface area (Å²) in [4.78, 5) is 2.78. The average Bonchev–Trinajstić information content (AvgIpc) is 2.54. The third-order valence-electron chi connectivity index (χ3n) is 4.90. The molecule has 4 aliphatic rings. The van der Waals surface area contributed by atoms with Crippen LogP contribution >= 0.6 is 0 Å². The first-order valence-corrected chi connectivity index (χ1v) is 5.55. The van der Waals surface area contributed by atoms with Crippen LogP contribution in [0.15, 0.2) is 0 Å². The molecule has 4 heterocycles. The van der Waals surface area contributed by atoms with Crippen LogP contribution < -0.4 is 0 Å². The molecule has 0 amide bonds. The molecule has 0 radical (unpaired) electrons. The molecule has 5 atom stereocenters. The topological polar surface area (TPSA) is 3.24 Å². The van der Waals surface area contributed by atoms with Crippen molar-refractivity contribution in [1.29, 1.82) is 0 Å². The summed E-state index contributed by atoms with van der Waals surface area (Å²) < 4.78 is 0. The fourth-order valence-electron chi connectivity index (χ4n) is 4.38. The van der Waals surface area contributed by atoms with Crippen molar-refractivity contribution in [2.24, 2.45) is 11.3 Å². The second-order valence-electron chi connectivity index (χ2n) is 5.10. The van der Waals surface area contributed by atoms with Crippen molar-refractivity contribution in [1.82, 2.24) is 4.90 Å². The second-order valence-corrected chi connectivity index (χ2v) is 5.10. The lowest BCUT2D eigenvalue weighted by molar-refractivity contribution is -0.00117. The SMILES string of the molecule is CCCC12CN3C(CC[C@@H]31)[C@H]2C. The summed E-state index contributed by atoms with van der Waals surface area (Å²) >= 11 is 0. The molecule has 0 aromatic heterocycles. The van der Waals surface area contributed by atoms with Crippen molar-refractivity contribution in [3.63, 3.8) is 0 Å². The molecule has 4 saturated heterocycles. The standard InChI is InChI=1S/C11H19N/c1-3-6-11-7-12-9(8(11)2)4-5-10(11)12/h8-10H,3-7H2,1-2H3/t8-,9?,10-,11?/m1/s1. The highest BCUT2D eigenvalue weighted by atomic mass is 15.3. The average molecular weight is 165 g/mol. The van der Waals surface area contributed by atoms with Gasteiger partial charge >= 0.3 is 0 Å². The predicted molar refractivity (Wildman–Crippen MR) is 50.0 cm³/mol. The van der Waals surface area contributed by atoms with Gasteiger partial charge in [0.2, 0.25) is 0 Å². The molecule has 4 rings (SSSR count). The van der Waals surface area contributed by atoms with Crippen LogP contribution in [0.2, 0.25) is 0 Å². The van der Waals surface area contributed by atoms with E-state index in [4.69, 9.17) is 0 Å². The van der Waals surface area contributed by atoms with Gasteiger partial charge in [-0.1, -0.05) is 20.3 Å². The Hall–Kier alpha value is -0.0400. The van der Waals surface area contributed by atoms with E-state index in [-0.39, 0.29) is 0 Å². The monoisotopic (exact) mass is 165 g/mol. The Bertz CT molecular complexity index is 205. The van der Waals surface area contributed by atoms with Gasteiger partial charge in [-0.05, 0) is 25.2 Å². The molecule has 0 saturated carbocycles. The summed E-state index contributed by atoms with van der Waals surface area (Å²) in [6.07, 6.45) is 5.89. The predicted octanol–water partition coefficient (Wildman–Crippen LogP) is 2.27. The first kappa shape index (κ1) is 7.37. The van der Waals surface area contributed by atoms with Crippen molar-refractivity contribution in [3.05, 3.63) is 0 Å². The smallest absolute Gasteiger partial charge is 0.0171 e. The minimum absolute atomic E-state index is 0.789. The largest absolute Gasteiger partial charge is 0.296 e. The molecular formula is C11H19N. The van der Waals surface area contributed by atoms with E-state index < -0.39 is 0 Å². The number of hydrogen-bond donors (Lipinski definition) is 0. The molecular weight excluding hydrogens is 146 g/mol. The Morgan fingerprint density at radius 1 is 1.42 bits per heavy atom. The van der Waals surface area contributed by atoms with E-state index in [0.29, 0.717) is 0 Å². The van der Waals surface area contributed by atoms with Crippen molar-refractivity contribution in [2.75, 3.05) is 6.54 Å². The van der Waals surface area contributed by atoms with E-state index in [9.17, 15) is 0 Å². The Morgan fingerprint density at radius 2 is 2.25 bits per heavy atom. The number of hydrogen-bond acceptors (Lipinski definition) is 1. The molecule has 0 N–H and O–H groups in total. The zero-order valence-electron chi connectivity index (χ0n) is 8.21. The summed E-state index contributed by atoms with van der Waals surface area (Å²) in [5.74, 6) is 1.01. The van der Waals surface area contributed by atoms with Crippen LogP contribution in [0.1, 0.15) is 39.5 Å². The highest BCUT2D eigenvalue weighted by molar-refractivity contribution is 5.21. The van der Waals surface area contributed by atoms with E-state index in [1.54, 1.807) is 0 Å². The molecule has 4 aliphatic heterocycles. The Morgan fingerprint density at radius 3 is 2.83 bits per heavy atom. The first-order valence-electron chi connectivity index (χ1n) is 5.55. The van der Waals surface area contributed by atoms with E-state index in [2.05, 4.69) is 18.7 Å². The van der Waals surface area contributed by atoms with Crippen molar-refractivity contribution >= 4 is 0 Å². The molecule has 0 spiro atoms. The van der Waals surface area contributed by atoms with Crippen molar-refractivity contribution in [2.45, 2.75) is 51.6 Å². The fraction of sp³-hybridized carbons (Fsp3) is 1.00. The molecule has 0 aromatic rings. The lowest BCUT2D eigenvalue weighted by Crippen LogP contribution is -2.55. The maximum atomic E-state index is 2.78. The highest BCUT2D eigenvalue weighted by Crippen LogP contribution is 2.64. The lowest BCUT2D eigenvalue weighted by Gasteiger charge is -2.49. The van der Waals surface area contributed by atoms with E-state index >= 15 is 0 Å². The van der Waals surface area contributed by atoms with Gasteiger partial charge in [0.25, 0.3) is 0 Å². The molecule has 12 heavy (non-hydrogen) atoms. The van der Waals surface area contributed by atoms with E-state index in [1.165, 1.54) is 32.2 Å². The molecule has 4 fully saturated rings. The van der Waals surface area contributed by atoms with Gasteiger partial charge in [0.05, 0.1) is 0 Å². The Kier molecular flexibility index (Phi) is 1.27. The zero-order valence-corrected chi connectivity index (χ0v) is 8.21. The maximum absolute atomic E-state index is 2.78. The maximum Gasteiger partial charge on any atom is 0.0171 e. The van der Waals surface area contributed by atoms with Crippen molar-refractivity contribution in [3.8, 4) is 0 Å². The van der Waals surface area contributed by atoms with Gasteiger partial charge in [0.15, 0.2) is 0 Å². The van der Waals surface area contributed by atoms with Crippen LogP contribution in [0.3, 0.4) is 0 Å². The minimum atomic E-state index is 0.789. The van der Waals surface area contributed by atoms with Crippen LogP contribution in [0, 0.1) is 11.3 Å². The quantitative estimate of drug-likeness (QED) is 0.606. The summed E-state index contributed by atoms with van der Waals surface area (Å²) in [5.41, 5.74) is 0.789.